The van der Waals surface area contributed by atoms with Crippen LogP contribution in [0, 0.1) is 5.92 Å². The van der Waals surface area contributed by atoms with Crippen LogP contribution in [0.15, 0.2) is 5.38 Å². The molecule has 134 valence electrons. The van der Waals surface area contributed by atoms with Gasteiger partial charge in [-0.1, -0.05) is 0 Å². The van der Waals surface area contributed by atoms with E-state index in [0.29, 0.717) is 24.3 Å². The number of anilines is 1. The molecule has 1 saturated heterocycles. The highest BCUT2D eigenvalue weighted by molar-refractivity contribution is 7.93. The first-order chi connectivity index (χ1) is 11.3. The number of thiazole rings is 1. The van der Waals surface area contributed by atoms with Gasteiger partial charge < -0.3 is 10.1 Å². The van der Waals surface area contributed by atoms with Crippen molar-refractivity contribution in [3.63, 3.8) is 0 Å². The van der Waals surface area contributed by atoms with Crippen molar-refractivity contribution in [1.29, 1.82) is 0 Å². The van der Waals surface area contributed by atoms with E-state index in [1.54, 1.807) is 0 Å². The molecule has 0 radical (unpaired) electrons. The number of hydrogen-bond acceptors (Lipinski definition) is 6. The molecule has 0 atom stereocenters. The van der Waals surface area contributed by atoms with Gasteiger partial charge in [-0.25, -0.2) is 13.4 Å². The molecule has 8 heteroatoms. The maximum absolute atomic E-state index is 12.8. The molecule has 1 aliphatic heterocycles. The fourth-order valence-electron chi connectivity index (χ4n) is 2.73. The molecule has 0 bridgehead atoms. The molecule has 24 heavy (non-hydrogen) atoms. The number of amides is 1. The summed E-state index contributed by atoms with van der Waals surface area (Å²) in [5.74, 6) is 0.0997. The van der Waals surface area contributed by atoms with E-state index in [0.717, 1.165) is 31.4 Å². The molecule has 2 fully saturated rings. The quantitative estimate of drug-likeness (QED) is 0.829. The average molecular weight is 373 g/mol. The van der Waals surface area contributed by atoms with Crippen LogP contribution in [-0.4, -0.2) is 43.0 Å². The SMILES string of the molecule is CC(C)(C(=O)Nc1nc(C2CC2)cs1)S(=O)(=O)CC1CCOCC1. The number of sulfone groups is 1. The summed E-state index contributed by atoms with van der Waals surface area (Å²) >= 11 is 1.35. The molecular formula is C16H24N2O4S2. The van der Waals surface area contributed by atoms with Crippen molar-refractivity contribution in [1.82, 2.24) is 4.98 Å². The Hall–Kier alpha value is -0.990. The average Bonchev–Trinajstić information content (AvgIpc) is 3.28. The molecule has 6 nitrogen and oxygen atoms in total. The van der Waals surface area contributed by atoms with Gasteiger partial charge in [-0.15, -0.1) is 11.3 Å². The number of carbonyl (C=O) groups excluding carboxylic acids is 1. The second kappa shape index (κ2) is 6.72. The lowest BCUT2D eigenvalue weighted by molar-refractivity contribution is -0.117. The van der Waals surface area contributed by atoms with Crippen LogP contribution in [-0.2, 0) is 19.4 Å². The summed E-state index contributed by atoms with van der Waals surface area (Å²) in [6, 6.07) is 0. The number of nitrogens with one attached hydrogen (secondary N) is 1. The van der Waals surface area contributed by atoms with Crippen LogP contribution in [0.4, 0.5) is 5.13 Å². The van der Waals surface area contributed by atoms with Gasteiger partial charge in [0.05, 0.1) is 11.4 Å². The maximum atomic E-state index is 12.8. The first kappa shape index (κ1) is 17.8. The van der Waals surface area contributed by atoms with E-state index in [9.17, 15) is 13.2 Å². The van der Waals surface area contributed by atoms with Crippen molar-refractivity contribution in [3.05, 3.63) is 11.1 Å². The molecule has 1 aromatic rings. The monoisotopic (exact) mass is 372 g/mol. The van der Waals surface area contributed by atoms with E-state index >= 15 is 0 Å². The lowest BCUT2D eigenvalue weighted by atomic mass is 10.0. The third-order valence-electron chi connectivity index (χ3n) is 4.86. The number of carbonyl (C=O) groups is 1. The van der Waals surface area contributed by atoms with Crippen LogP contribution in [0.25, 0.3) is 0 Å². The number of nitrogens with zero attached hydrogens (tertiary/aromatic N) is 1. The van der Waals surface area contributed by atoms with Gasteiger partial charge in [-0.3, -0.25) is 4.79 Å². The van der Waals surface area contributed by atoms with Crippen molar-refractivity contribution < 1.29 is 17.9 Å². The molecule has 1 aromatic heterocycles. The van der Waals surface area contributed by atoms with Crippen LogP contribution in [0.3, 0.4) is 0 Å². The Morgan fingerprint density at radius 1 is 1.33 bits per heavy atom. The molecule has 0 aromatic carbocycles. The number of rotatable bonds is 6. The second-order valence-electron chi connectivity index (χ2n) is 7.15. The lowest BCUT2D eigenvalue weighted by Gasteiger charge is -2.28. The predicted octanol–water partition coefficient (Wildman–Crippen LogP) is 2.58. The highest BCUT2D eigenvalue weighted by Gasteiger charge is 2.43. The van der Waals surface area contributed by atoms with E-state index in [4.69, 9.17) is 4.74 Å². The highest BCUT2D eigenvalue weighted by atomic mass is 32.2. The molecule has 1 N–H and O–H groups in total. The maximum Gasteiger partial charge on any atom is 0.247 e. The van der Waals surface area contributed by atoms with E-state index in [-0.39, 0.29) is 11.7 Å². The Kier molecular flexibility index (Phi) is 4.99. The summed E-state index contributed by atoms with van der Waals surface area (Å²) in [4.78, 5) is 17.0. The largest absolute Gasteiger partial charge is 0.381 e. The zero-order valence-corrected chi connectivity index (χ0v) is 15.7. The third kappa shape index (κ3) is 3.81. The summed E-state index contributed by atoms with van der Waals surface area (Å²) in [6.45, 7) is 4.14. The molecular weight excluding hydrogens is 348 g/mol. The standard InChI is InChI=1S/C16H24N2O4S2/c1-16(2,24(20,21)10-11-5-7-22-8-6-11)14(19)18-15-17-13(9-23-15)12-3-4-12/h9,11-12H,3-8,10H2,1-2H3,(H,17,18,19). The fourth-order valence-corrected chi connectivity index (χ4v) is 5.22. The van der Waals surface area contributed by atoms with Crippen molar-refractivity contribution in [2.24, 2.45) is 5.92 Å². The fraction of sp³-hybridized carbons (Fsp3) is 0.750. The van der Waals surface area contributed by atoms with Gasteiger partial charge >= 0.3 is 0 Å². The van der Waals surface area contributed by atoms with Gasteiger partial charge in [0, 0.05) is 24.5 Å². The van der Waals surface area contributed by atoms with Gasteiger partial charge in [0.2, 0.25) is 5.91 Å². The van der Waals surface area contributed by atoms with E-state index in [1.807, 2.05) is 5.38 Å². The second-order valence-corrected chi connectivity index (χ2v) is 10.6. The highest BCUT2D eigenvalue weighted by Crippen LogP contribution is 2.41. The van der Waals surface area contributed by atoms with E-state index < -0.39 is 20.5 Å². The third-order valence-corrected chi connectivity index (χ3v) is 8.28. The molecule has 3 rings (SSSR count). The summed E-state index contributed by atoms with van der Waals surface area (Å²) < 4.78 is 29.3. The van der Waals surface area contributed by atoms with Crippen molar-refractivity contribution in [2.75, 3.05) is 24.3 Å². The Balaban J connectivity index is 1.66. The van der Waals surface area contributed by atoms with Gasteiger partial charge in [0.1, 0.15) is 4.75 Å². The van der Waals surface area contributed by atoms with Crippen LogP contribution in [0.5, 0.6) is 0 Å². The molecule has 1 aliphatic carbocycles. The number of hydrogen-bond donors (Lipinski definition) is 1. The number of aromatic nitrogens is 1. The summed E-state index contributed by atoms with van der Waals surface area (Å²) in [5, 5.41) is 5.12. The Morgan fingerprint density at radius 3 is 2.62 bits per heavy atom. The summed E-state index contributed by atoms with van der Waals surface area (Å²) in [5.41, 5.74) is 0.998. The lowest BCUT2D eigenvalue weighted by Crippen LogP contribution is -2.47. The van der Waals surface area contributed by atoms with Crippen molar-refractivity contribution in [2.45, 2.75) is 50.2 Å². The minimum Gasteiger partial charge on any atom is -0.381 e. The Morgan fingerprint density at radius 2 is 2.00 bits per heavy atom. The summed E-state index contributed by atoms with van der Waals surface area (Å²) in [7, 11) is -3.57. The first-order valence-corrected chi connectivity index (χ1v) is 10.9. The van der Waals surface area contributed by atoms with Gasteiger partial charge in [-0.05, 0) is 45.4 Å². The van der Waals surface area contributed by atoms with Crippen LogP contribution in [0.1, 0.15) is 51.1 Å². The van der Waals surface area contributed by atoms with Crippen LogP contribution < -0.4 is 5.32 Å². The molecule has 1 amide bonds. The molecule has 1 saturated carbocycles. The summed E-state index contributed by atoms with van der Waals surface area (Å²) in [6.07, 6.45) is 3.74. The molecule has 0 unspecified atom stereocenters. The van der Waals surface area contributed by atoms with Crippen molar-refractivity contribution >= 4 is 32.2 Å². The minimum atomic E-state index is -3.57. The molecule has 0 spiro atoms. The predicted molar refractivity (Wildman–Crippen MR) is 94.1 cm³/mol. The van der Waals surface area contributed by atoms with Gasteiger partial charge in [0.25, 0.3) is 0 Å². The molecule has 2 aliphatic rings. The zero-order valence-electron chi connectivity index (χ0n) is 14.1. The zero-order chi connectivity index (χ0) is 17.4. The van der Waals surface area contributed by atoms with E-state index in [2.05, 4.69) is 10.3 Å². The number of ether oxygens (including phenoxy) is 1. The normalized spacial score (nSPS) is 20.1. The van der Waals surface area contributed by atoms with Gasteiger partial charge in [-0.2, -0.15) is 0 Å². The van der Waals surface area contributed by atoms with Crippen LogP contribution in [0.2, 0.25) is 0 Å². The van der Waals surface area contributed by atoms with Crippen LogP contribution >= 0.6 is 11.3 Å². The Bertz CT molecular complexity index is 701. The van der Waals surface area contributed by atoms with Gasteiger partial charge in [0.15, 0.2) is 15.0 Å². The molecule has 2 heterocycles. The smallest absolute Gasteiger partial charge is 0.247 e. The first-order valence-electron chi connectivity index (χ1n) is 8.36. The minimum absolute atomic E-state index is 0.0297. The topological polar surface area (TPSA) is 85.4 Å². The van der Waals surface area contributed by atoms with E-state index in [1.165, 1.54) is 25.2 Å². The Labute approximate surface area is 146 Å². The van der Waals surface area contributed by atoms with Crippen molar-refractivity contribution in [3.8, 4) is 0 Å².